The molecule has 2 rings (SSSR count). The van der Waals surface area contributed by atoms with Crippen LogP contribution in [0, 0.1) is 10.1 Å². The van der Waals surface area contributed by atoms with Gasteiger partial charge in [-0.25, -0.2) is 0 Å². The molecule has 0 fully saturated rings. The lowest BCUT2D eigenvalue weighted by Crippen LogP contribution is -2.14. The number of non-ortho nitro benzene ring substituents is 1. The van der Waals surface area contributed by atoms with Crippen molar-refractivity contribution in [2.75, 3.05) is 12.4 Å². The smallest absolute Gasteiger partial charge is 0.270 e. The lowest BCUT2D eigenvalue weighted by molar-refractivity contribution is -0.384. The average Bonchev–Trinajstić information content (AvgIpc) is 2.50. The second-order valence-corrected chi connectivity index (χ2v) is 5.35. The third-order valence-electron chi connectivity index (χ3n) is 2.96. The number of anilines is 1. The zero-order valence-corrected chi connectivity index (χ0v) is 13.3. The van der Waals surface area contributed by atoms with Crippen LogP contribution in [0.1, 0.15) is 5.56 Å². The lowest BCUT2D eigenvalue weighted by atomic mass is 10.1. The van der Waals surface area contributed by atoms with Gasteiger partial charge in [0.25, 0.3) is 5.69 Å². The number of rotatable bonds is 5. The molecule has 7 heteroatoms. The Balaban J connectivity index is 2.03. The van der Waals surface area contributed by atoms with E-state index in [0.717, 1.165) is 11.3 Å². The number of nitro benzene ring substituents is 1. The summed E-state index contributed by atoms with van der Waals surface area (Å²) in [5.41, 5.74) is 1.29. The van der Waals surface area contributed by atoms with Crippen molar-refractivity contribution in [3.05, 3.63) is 62.6 Å². The second-order valence-electron chi connectivity index (χ2n) is 4.49. The maximum Gasteiger partial charge on any atom is 0.270 e. The van der Waals surface area contributed by atoms with E-state index >= 15 is 0 Å². The van der Waals surface area contributed by atoms with Crippen LogP contribution >= 0.6 is 15.9 Å². The van der Waals surface area contributed by atoms with Crippen molar-refractivity contribution in [1.82, 2.24) is 0 Å². The van der Waals surface area contributed by atoms with Gasteiger partial charge in [0.15, 0.2) is 0 Å². The molecular weight excluding hydrogens is 352 g/mol. The van der Waals surface area contributed by atoms with E-state index in [1.54, 1.807) is 19.2 Å². The molecule has 2 aromatic rings. The van der Waals surface area contributed by atoms with Crippen molar-refractivity contribution in [2.24, 2.45) is 0 Å². The highest BCUT2D eigenvalue weighted by Crippen LogP contribution is 2.27. The molecule has 0 saturated carbocycles. The molecule has 114 valence electrons. The Morgan fingerprint density at radius 3 is 2.50 bits per heavy atom. The minimum atomic E-state index is -0.492. The van der Waals surface area contributed by atoms with Gasteiger partial charge in [-0.3, -0.25) is 14.9 Å². The minimum absolute atomic E-state index is 0.0416. The summed E-state index contributed by atoms with van der Waals surface area (Å²) in [5, 5.41) is 13.4. The van der Waals surface area contributed by atoms with Crippen LogP contribution in [0.3, 0.4) is 0 Å². The first-order valence-electron chi connectivity index (χ1n) is 6.36. The van der Waals surface area contributed by atoms with Crippen LogP contribution in [0.25, 0.3) is 0 Å². The number of nitro groups is 1. The van der Waals surface area contributed by atoms with Gasteiger partial charge < -0.3 is 10.1 Å². The molecule has 0 aromatic heterocycles. The van der Waals surface area contributed by atoms with Crippen LogP contribution < -0.4 is 10.1 Å². The summed E-state index contributed by atoms with van der Waals surface area (Å²) in [7, 11) is 1.58. The summed E-state index contributed by atoms with van der Waals surface area (Å²) >= 11 is 3.21. The van der Waals surface area contributed by atoms with E-state index in [0.29, 0.717) is 10.2 Å². The van der Waals surface area contributed by atoms with E-state index in [1.165, 1.54) is 18.2 Å². The van der Waals surface area contributed by atoms with Gasteiger partial charge in [-0.2, -0.15) is 0 Å². The number of nitrogens with zero attached hydrogens (tertiary/aromatic N) is 1. The van der Waals surface area contributed by atoms with Crippen LogP contribution in [0.4, 0.5) is 11.4 Å². The van der Waals surface area contributed by atoms with Crippen LogP contribution in [-0.4, -0.2) is 17.9 Å². The highest BCUT2D eigenvalue weighted by molar-refractivity contribution is 9.10. The highest BCUT2D eigenvalue weighted by Gasteiger charge is 2.11. The summed E-state index contributed by atoms with van der Waals surface area (Å²) in [5.74, 6) is 0.516. The Labute approximate surface area is 135 Å². The molecule has 0 bridgehead atoms. The van der Waals surface area contributed by atoms with Crippen molar-refractivity contribution in [3.63, 3.8) is 0 Å². The molecule has 0 spiro atoms. The largest absolute Gasteiger partial charge is 0.497 e. The van der Waals surface area contributed by atoms with Crippen molar-refractivity contribution >= 4 is 33.2 Å². The molecule has 0 saturated heterocycles. The number of amides is 1. The van der Waals surface area contributed by atoms with Gasteiger partial charge in [-0.05, 0) is 39.7 Å². The van der Waals surface area contributed by atoms with Gasteiger partial charge in [-0.15, -0.1) is 0 Å². The predicted molar refractivity (Wildman–Crippen MR) is 86.1 cm³/mol. The predicted octanol–water partition coefficient (Wildman–Crippen LogP) is 3.55. The van der Waals surface area contributed by atoms with Crippen molar-refractivity contribution in [2.45, 2.75) is 6.42 Å². The number of ether oxygens (including phenoxy) is 1. The van der Waals surface area contributed by atoms with Gasteiger partial charge in [0.05, 0.1) is 24.1 Å². The number of halogens is 1. The van der Waals surface area contributed by atoms with E-state index in [4.69, 9.17) is 4.74 Å². The lowest BCUT2D eigenvalue weighted by Gasteiger charge is -2.08. The number of benzene rings is 2. The third kappa shape index (κ3) is 4.05. The van der Waals surface area contributed by atoms with Crippen molar-refractivity contribution in [3.8, 4) is 5.75 Å². The number of hydrogen-bond donors (Lipinski definition) is 1. The molecule has 1 N–H and O–H groups in total. The second kappa shape index (κ2) is 7.04. The Morgan fingerprint density at radius 1 is 1.27 bits per heavy atom. The fourth-order valence-electron chi connectivity index (χ4n) is 1.84. The summed E-state index contributed by atoms with van der Waals surface area (Å²) in [6.07, 6.45) is 0.202. The molecule has 0 heterocycles. The van der Waals surface area contributed by atoms with Gasteiger partial charge >= 0.3 is 0 Å². The minimum Gasteiger partial charge on any atom is -0.497 e. The molecule has 0 radical (unpaired) electrons. The summed E-state index contributed by atoms with van der Waals surface area (Å²) in [6.45, 7) is 0. The van der Waals surface area contributed by atoms with Crippen LogP contribution in [0.15, 0.2) is 46.9 Å². The van der Waals surface area contributed by atoms with Gasteiger partial charge in [0.1, 0.15) is 5.75 Å². The quantitative estimate of drug-likeness (QED) is 0.649. The molecule has 0 aliphatic rings. The van der Waals surface area contributed by atoms with Gasteiger partial charge in [0, 0.05) is 16.6 Å². The number of nitrogens with one attached hydrogen (secondary N) is 1. The van der Waals surface area contributed by atoms with Crippen molar-refractivity contribution in [1.29, 1.82) is 0 Å². The van der Waals surface area contributed by atoms with Crippen molar-refractivity contribution < 1.29 is 14.5 Å². The Hall–Kier alpha value is -2.41. The maximum absolute atomic E-state index is 12.0. The number of methoxy groups -OCH3 is 1. The molecular formula is C15H13BrN2O4. The molecule has 0 aliphatic carbocycles. The summed E-state index contributed by atoms with van der Waals surface area (Å²) in [4.78, 5) is 22.2. The summed E-state index contributed by atoms with van der Waals surface area (Å²) in [6, 6.07) is 11.4. The topological polar surface area (TPSA) is 81.5 Å². The van der Waals surface area contributed by atoms with E-state index in [-0.39, 0.29) is 18.0 Å². The SMILES string of the molecule is COc1ccc(CC(=O)Nc2ccc([N+](=O)[O-])cc2Br)cc1. The van der Waals surface area contributed by atoms with E-state index in [2.05, 4.69) is 21.2 Å². The molecule has 22 heavy (non-hydrogen) atoms. The first-order chi connectivity index (χ1) is 10.5. The first-order valence-corrected chi connectivity index (χ1v) is 7.15. The third-order valence-corrected chi connectivity index (χ3v) is 3.62. The summed E-state index contributed by atoms with van der Waals surface area (Å²) < 4.78 is 5.52. The Morgan fingerprint density at radius 2 is 1.95 bits per heavy atom. The molecule has 6 nitrogen and oxygen atoms in total. The zero-order chi connectivity index (χ0) is 16.1. The van der Waals surface area contributed by atoms with Crippen LogP contribution in [0.5, 0.6) is 5.75 Å². The van der Waals surface area contributed by atoms with E-state index < -0.39 is 4.92 Å². The maximum atomic E-state index is 12.0. The van der Waals surface area contributed by atoms with Crippen LogP contribution in [0.2, 0.25) is 0 Å². The Bertz CT molecular complexity index is 701. The number of hydrogen-bond acceptors (Lipinski definition) is 4. The molecule has 0 unspecified atom stereocenters. The normalized spacial score (nSPS) is 10.1. The molecule has 0 aliphatic heterocycles. The molecule has 0 atom stereocenters. The molecule has 1 amide bonds. The van der Waals surface area contributed by atoms with E-state index in [1.807, 2.05) is 12.1 Å². The number of carbonyl (C=O) groups excluding carboxylic acids is 1. The molecule has 2 aromatic carbocycles. The average molecular weight is 365 g/mol. The number of carbonyl (C=O) groups is 1. The highest BCUT2D eigenvalue weighted by atomic mass is 79.9. The van der Waals surface area contributed by atoms with Gasteiger partial charge in [0.2, 0.25) is 5.91 Å². The van der Waals surface area contributed by atoms with Gasteiger partial charge in [-0.1, -0.05) is 12.1 Å². The fourth-order valence-corrected chi connectivity index (χ4v) is 2.31. The van der Waals surface area contributed by atoms with Crippen LogP contribution in [-0.2, 0) is 11.2 Å². The zero-order valence-electron chi connectivity index (χ0n) is 11.7. The first kappa shape index (κ1) is 16.0. The standard InChI is InChI=1S/C15H13BrN2O4/c1-22-12-5-2-10(3-6-12)8-15(19)17-14-7-4-11(18(20)21)9-13(14)16/h2-7,9H,8H2,1H3,(H,17,19). The Kier molecular flexibility index (Phi) is 5.11. The monoisotopic (exact) mass is 364 g/mol. The van der Waals surface area contributed by atoms with E-state index in [9.17, 15) is 14.9 Å². The fraction of sp³-hybridized carbons (Fsp3) is 0.133.